The maximum Gasteiger partial charge on any atom is 0.0473 e. The third kappa shape index (κ3) is 6.48. The Balaban J connectivity index is 0.762. The fourth-order valence-electron chi connectivity index (χ4n) is 11.5. The van der Waals surface area contributed by atoms with Crippen molar-refractivity contribution in [2.24, 2.45) is 0 Å². The van der Waals surface area contributed by atoms with Crippen LogP contribution in [0.5, 0.6) is 0 Å². The van der Waals surface area contributed by atoms with Gasteiger partial charge in [-0.05, 0) is 172 Å². The molecule has 0 fully saturated rings. The molecule has 0 aliphatic heterocycles. The third-order valence-corrected chi connectivity index (χ3v) is 16.0. The lowest BCUT2D eigenvalue weighted by atomic mass is 9.93. The molecular formula is C68H42N2S. The van der Waals surface area contributed by atoms with Gasteiger partial charge in [0.25, 0.3) is 0 Å². The maximum atomic E-state index is 2.43. The molecule has 15 rings (SSSR count). The number of fused-ring (bicyclic) bond motifs is 3. The Labute approximate surface area is 414 Å². The van der Waals surface area contributed by atoms with Crippen molar-refractivity contribution in [2.75, 3.05) is 9.80 Å². The molecule has 0 amide bonds. The number of rotatable bonds is 8. The first-order valence-electron chi connectivity index (χ1n) is 24.4. The second-order valence-electron chi connectivity index (χ2n) is 18.9. The van der Waals surface area contributed by atoms with Gasteiger partial charge in [-0.15, -0.1) is 11.3 Å². The van der Waals surface area contributed by atoms with Gasteiger partial charge in [-0.3, -0.25) is 0 Å². The molecule has 14 aromatic carbocycles. The highest BCUT2D eigenvalue weighted by atomic mass is 32.1. The van der Waals surface area contributed by atoms with Gasteiger partial charge in [-0.1, -0.05) is 170 Å². The number of para-hydroxylation sites is 1. The molecule has 0 aliphatic carbocycles. The summed E-state index contributed by atoms with van der Waals surface area (Å²) >= 11 is 1.86. The van der Waals surface area contributed by atoms with Gasteiger partial charge in [0.2, 0.25) is 0 Å². The summed E-state index contributed by atoms with van der Waals surface area (Å²) in [7, 11) is 0. The van der Waals surface area contributed by atoms with Crippen LogP contribution in [-0.4, -0.2) is 0 Å². The van der Waals surface area contributed by atoms with E-state index in [1.165, 1.54) is 107 Å². The van der Waals surface area contributed by atoms with Crippen LogP contribution in [0.25, 0.3) is 107 Å². The summed E-state index contributed by atoms with van der Waals surface area (Å²) in [5.41, 5.74) is 11.5. The Morgan fingerprint density at radius 3 is 1.04 bits per heavy atom. The molecule has 0 atom stereocenters. The predicted octanol–water partition coefficient (Wildman–Crippen LogP) is 20.1. The molecule has 3 heteroatoms. The first kappa shape index (κ1) is 39.9. The third-order valence-electron chi connectivity index (χ3n) is 14.8. The van der Waals surface area contributed by atoms with E-state index in [2.05, 4.69) is 265 Å². The van der Waals surface area contributed by atoms with E-state index in [-0.39, 0.29) is 0 Å². The van der Waals surface area contributed by atoms with Gasteiger partial charge in [0.1, 0.15) is 0 Å². The zero-order valence-electron chi connectivity index (χ0n) is 38.6. The van der Waals surface area contributed by atoms with E-state index in [0.29, 0.717) is 0 Å². The van der Waals surface area contributed by atoms with E-state index in [1.54, 1.807) is 0 Å². The first-order chi connectivity index (χ1) is 35.1. The SMILES string of the molecule is c1ccc(N(c2ccc(-c3ccc(-c4ccc(N(c5cc6ccc7cccc8ccc(c5)c6c78)c5ccc6sc7ccccc7c6c5)cc4)cc3)cc2)c2cc3ccc4cccc5ccc(c2)c3c45)cc1. The second-order valence-corrected chi connectivity index (χ2v) is 20.0. The van der Waals surface area contributed by atoms with Gasteiger partial charge < -0.3 is 9.80 Å². The molecule has 330 valence electrons. The molecule has 0 unspecified atom stereocenters. The number of thiophene rings is 1. The highest BCUT2D eigenvalue weighted by Gasteiger charge is 2.20. The molecule has 2 nitrogen and oxygen atoms in total. The van der Waals surface area contributed by atoms with E-state index >= 15 is 0 Å². The number of hydrogen-bond donors (Lipinski definition) is 0. The van der Waals surface area contributed by atoms with Crippen LogP contribution in [0, 0.1) is 0 Å². The Morgan fingerprint density at radius 1 is 0.211 bits per heavy atom. The number of nitrogens with zero attached hydrogens (tertiary/aromatic N) is 2. The van der Waals surface area contributed by atoms with Crippen LogP contribution < -0.4 is 9.80 Å². The largest absolute Gasteiger partial charge is 0.310 e. The highest BCUT2D eigenvalue weighted by molar-refractivity contribution is 7.25. The Morgan fingerprint density at radius 2 is 0.563 bits per heavy atom. The number of anilines is 6. The van der Waals surface area contributed by atoms with Gasteiger partial charge in [0, 0.05) is 54.3 Å². The van der Waals surface area contributed by atoms with Gasteiger partial charge in [0.15, 0.2) is 0 Å². The lowest BCUT2D eigenvalue weighted by molar-refractivity contribution is 1.29. The number of hydrogen-bond acceptors (Lipinski definition) is 3. The van der Waals surface area contributed by atoms with Crippen molar-refractivity contribution in [1.82, 2.24) is 0 Å². The van der Waals surface area contributed by atoms with Crippen LogP contribution in [-0.2, 0) is 0 Å². The minimum Gasteiger partial charge on any atom is -0.310 e. The normalized spacial score (nSPS) is 11.9. The molecule has 0 spiro atoms. The van der Waals surface area contributed by atoms with Crippen molar-refractivity contribution in [3.63, 3.8) is 0 Å². The average Bonchev–Trinajstić information content (AvgIpc) is 3.81. The van der Waals surface area contributed by atoms with Crippen molar-refractivity contribution in [3.05, 3.63) is 255 Å². The predicted molar refractivity (Wildman–Crippen MR) is 307 cm³/mol. The van der Waals surface area contributed by atoms with Gasteiger partial charge in [-0.2, -0.15) is 0 Å². The summed E-state index contributed by atoms with van der Waals surface area (Å²) < 4.78 is 2.61. The van der Waals surface area contributed by atoms with Crippen LogP contribution in [0.15, 0.2) is 255 Å². The molecule has 15 aromatic rings. The highest BCUT2D eigenvalue weighted by Crippen LogP contribution is 2.46. The molecule has 0 saturated heterocycles. The van der Waals surface area contributed by atoms with Crippen LogP contribution in [0.3, 0.4) is 0 Å². The molecule has 1 aromatic heterocycles. The van der Waals surface area contributed by atoms with Crippen LogP contribution >= 0.6 is 11.3 Å². The van der Waals surface area contributed by atoms with Crippen molar-refractivity contribution in [3.8, 4) is 22.3 Å². The summed E-state index contributed by atoms with van der Waals surface area (Å²) in [6.45, 7) is 0. The quantitative estimate of drug-likeness (QED) is 0.140. The molecule has 0 bridgehead atoms. The molecule has 0 saturated carbocycles. The smallest absolute Gasteiger partial charge is 0.0473 e. The summed E-state index contributed by atoms with van der Waals surface area (Å²) in [5, 5.41) is 18.0. The van der Waals surface area contributed by atoms with E-state index in [4.69, 9.17) is 0 Å². The minimum absolute atomic E-state index is 1.11. The van der Waals surface area contributed by atoms with Crippen molar-refractivity contribution in [2.45, 2.75) is 0 Å². The second kappa shape index (κ2) is 15.8. The van der Waals surface area contributed by atoms with Crippen LogP contribution in [0.4, 0.5) is 34.1 Å². The Bertz CT molecular complexity index is 4370. The van der Waals surface area contributed by atoms with Crippen LogP contribution in [0.2, 0.25) is 0 Å². The monoisotopic (exact) mass is 918 g/mol. The van der Waals surface area contributed by atoms with Gasteiger partial charge >= 0.3 is 0 Å². The Hall–Kier alpha value is -9.02. The van der Waals surface area contributed by atoms with Gasteiger partial charge in [-0.25, -0.2) is 0 Å². The molecule has 1 heterocycles. The molecule has 0 N–H and O–H groups in total. The Kier molecular flexibility index (Phi) is 8.86. The van der Waals surface area contributed by atoms with Crippen molar-refractivity contribution >= 4 is 130 Å². The first-order valence-corrected chi connectivity index (χ1v) is 25.2. The minimum atomic E-state index is 1.11. The maximum absolute atomic E-state index is 2.43. The standard InChI is InChI=1S/C68H42N2S/c1-2-12-55(13-3-1)69(59-38-51-24-20-47-8-6-9-48-21-25-52(39-59)67(51)65(47)48)56-32-28-45(29-33-56)43-16-18-44(19-17-43)46-30-34-57(35-31-46)70(58-36-37-64-62(42-58)61-14-4-5-15-63(61)71-64)60-40-53-26-22-49-10-7-11-50-23-27-54(41-60)68(53)66(49)50/h1-42H. The van der Waals surface area contributed by atoms with Crippen LogP contribution in [0.1, 0.15) is 0 Å². The topological polar surface area (TPSA) is 6.48 Å². The molecule has 71 heavy (non-hydrogen) atoms. The van der Waals surface area contributed by atoms with E-state index in [9.17, 15) is 0 Å². The van der Waals surface area contributed by atoms with E-state index in [0.717, 1.165) is 34.1 Å². The van der Waals surface area contributed by atoms with Crippen molar-refractivity contribution in [1.29, 1.82) is 0 Å². The van der Waals surface area contributed by atoms with Crippen molar-refractivity contribution < 1.29 is 0 Å². The zero-order chi connectivity index (χ0) is 46.6. The summed E-state index contributed by atoms with van der Waals surface area (Å²) in [6.07, 6.45) is 0. The lowest BCUT2D eigenvalue weighted by Gasteiger charge is -2.27. The van der Waals surface area contributed by atoms with Gasteiger partial charge in [0.05, 0.1) is 0 Å². The zero-order valence-corrected chi connectivity index (χ0v) is 39.4. The fourth-order valence-corrected chi connectivity index (χ4v) is 12.6. The summed E-state index contributed by atoms with van der Waals surface area (Å²) in [4.78, 5) is 4.80. The van der Waals surface area contributed by atoms with E-state index < -0.39 is 0 Å². The molecular weight excluding hydrogens is 877 g/mol. The molecule has 0 aliphatic rings. The summed E-state index contributed by atoms with van der Waals surface area (Å²) in [6, 6.07) is 94.4. The molecule has 0 radical (unpaired) electrons. The van der Waals surface area contributed by atoms with E-state index in [1.807, 2.05) is 11.3 Å². The lowest BCUT2D eigenvalue weighted by Crippen LogP contribution is -2.10. The number of benzene rings is 14. The average molecular weight is 919 g/mol. The fraction of sp³-hybridized carbons (Fsp3) is 0. The summed E-state index contributed by atoms with van der Waals surface area (Å²) in [5.74, 6) is 0.